The fourth-order valence-electron chi connectivity index (χ4n) is 0.911. The van der Waals surface area contributed by atoms with Crippen LogP contribution in [0.25, 0.3) is 0 Å². The van der Waals surface area contributed by atoms with Gasteiger partial charge in [0.2, 0.25) is 0 Å². The summed E-state index contributed by atoms with van der Waals surface area (Å²) in [5.41, 5.74) is 0.892. The van der Waals surface area contributed by atoms with Crippen LogP contribution in [0.1, 0.15) is 5.56 Å². The summed E-state index contributed by atoms with van der Waals surface area (Å²) in [6.07, 6.45) is 0. The maximum atomic E-state index is 10.5. The quantitative estimate of drug-likeness (QED) is 0.723. The van der Waals surface area contributed by atoms with Crippen LogP contribution < -0.4 is 4.74 Å². The van der Waals surface area contributed by atoms with E-state index in [0.29, 0.717) is 10.8 Å². The molecule has 1 aromatic carbocycles. The molecule has 0 N–H and O–H groups in total. The number of hydrogen-bond donors (Lipinski definition) is 0. The van der Waals surface area contributed by atoms with Gasteiger partial charge in [0.25, 0.3) is 0 Å². The molecular formula is C9H8ClO2S-. The molecule has 0 aliphatic carbocycles. The second kappa shape index (κ2) is 4.44. The molecular weight excluding hydrogens is 208 g/mol. The standard InChI is InChI=1S/C9H9ClO2S/c1-6-4-7(10)2-3-8(6)12-5-9(11)13/h2-4H,5H2,1H3,(H,11,13)/p-1. The zero-order valence-electron chi connectivity index (χ0n) is 7.04. The summed E-state index contributed by atoms with van der Waals surface area (Å²) < 4.78 is 5.14. The zero-order valence-corrected chi connectivity index (χ0v) is 8.61. The summed E-state index contributed by atoms with van der Waals surface area (Å²) in [6, 6.07) is 5.19. The minimum atomic E-state index is -0.408. The summed E-state index contributed by atoms with van der Waals surface area (Å²) in [4.78, 5) is 10.5. The van der Waals surface area contributed by atoms with Gasteiger partial charge < -0.3 is 22.2 Å². The van der Waals surface area contributed by atoms with Gasteiger partial charge in [-0.25, -0.2) is 0 Å². The van der Waals surface area contributed by atoms with Crippen LogP contribution in [-0.2, 0) is 17.4 Å². The molecule has 4 heteroatoms. The van der Waals surface area contributed by atoms with Crippen molar-refractivity contribution in [2.75, 3.05) is 6.61 Å². The molecule has 13 heavy (non-hydrogen) atoms. The van der Waals surface area contributed by atoms with Gasteiger partial charge >= 0.3 is 0 Å². The second-order valence-corrected chi connectivity index (χ2v) is 3.46. The van der Waals surface area contributed by atoms with Gasteiger partial charge in [-0.3, -0.25) is 0 Å². The maximum absolute atomic E-state index is 10.5. The molecule has 1 aromatic rings. The van der Waals surface area contributed by atoms with Crippen molar-refractivity contribution >= 4 is 29.3 Å². The van der Waals surface area contributed by atoms with Crippen molar-refractivity contribution in [3.8, 4) is 5.75 Å². The third-order valence-electron chi connectivity index (χ3n) is 1.48. The Labute approximate surface area is 87.3 Å². The first-order chi connectivity index (χ1) is 6.09. The Morgan fingerprint density at radius 1 is 1.62 bits per heavy atom. The molecule has 0 bridgehead atoms. The Kier molecular flexibility index (Phi) is 3.51. The van der Waals surface area contributed by atoms with Crippen molar-refractivity contribution in [1.29, 1.82) is 0 Å². The molecule has 0 saturated carbocycles. The van der Waals surface area contributed by atoms with E-state index >= 15 is 0 Å². The summed E-state index contributed by atoms with van der Waals surface area (Å²) >= 11 is 10.1. The molecule has 0 amide bonds. The van der Waals surface area contributed by atoms with E-state index in [1.165, 1.54) is 0 Å². The predicted molar refractivity (Wildman–Crippen MR) is 54.1 cm³/mol. The van der Waals surface area contributed by atoms with Gasteiger partial charge in [-0.15, -0.1) is 0 Å². The maximum Gasteiger partial charge on any atom is 0.125 e. The van der Waals surface area contributed by atoms with E-state index in [1.54, 1.807) is 18.2 Å². The van der Waals surface area contributed by atoms with Gasteiger partial charge in [-0.1, -0.05) is 11.6 Å². The summed E-state index contributed by atoms with van der Waals surface area (Å²) in [6.45, 7) is 1.78. The Bertz CT molecular complexity index is 325. The highest BCUT2D eigenvalue weighted by Gasteiger charge is 1.99. The number of rotatable bonds is 3. The Morgan fingerprint density at radius 3 is 2.85 bits per heavy atom. The van der Waals surface area contributed by atoms with Gasteiger partial charge in [-0.05, 0) is 30.7 Å². The number of hydrogen-bond acceptors (Lipinski definition) is 3. The second-order valence-electron chi connectivity index (χ2n) is 2.57. The number of aryl methyl sites for hydroxylation is 1. The number of halogens is 1. The minimum Gasteiger partial charge on any atom is -0.739 e. The van der Waals surface area contributed by atoms with E-state index in [-0.39, 0.29) is 6.61 Å². The first-order valence-corrected chi connectivity index (χ1v) is 4.47. The molecule has 1 rings (SSSR count). The lowest BCUT2D eigenvalue weighted by Crippen LogP contribution is -2.07. The third kappa shape index (κ3) is 3.20. The van der Waals surface area contributed by atoms with Crippen molar-refractivity contribution in [3.63, 3.8) is 0 Å². The van der Waals surface area contributed by atoms with Crippen molar-refractivity contribution in [1.82, 2.24) is 0 Å². The fraction of sp³-hybridized carbons (Fsp3) is 0.222. The van der Waals surface area contributed by atoms with Gasteiger partial charge in [0.15, 0.2) is 0 Å². The summed E-state index contributed by atoms with van der Waals surface area (Å²) in [5, 5.41) is 0.240. The number of carbonyl (C=O) groups excluding carboxylic acids is 1. The third-order valence-corrected chi connectivity index (χ3v) is 1.84. The van der Waals surface area contributed by atoms with E-state index in [9.17, 15) is 4.79 Å². The van der Waals surface area contributed by atoms with Crippen LogP contribution in [0.15, 0.2) is 18.2 Å². The summed E-state index contributed by atoms with van der Waals surface area (Å²) in [7, 11) is 0. The SMILES string of the molecule is Cc1cc(Cl)ccc1OCC(=O)[S-]. The van der Waals surface area contributed by atoms with E-state index < -0.39 is 5.12 Å². The van der Waals surface area contributed by atoms with Crippen molar-refractivity contribution in [2.45, 2.75) is 6.92 Å². The highest BCUT2D eigenvalue weighted by Crippen LogP contribution is 2.21. The molecule has 0 fully saturated rings. The first kappa shape index (κ1) is 10.3. The largest absolute Gasteiger partial charge is 0.739 e. The molecule has 0 atom stereocenters. The molecule has 0 spiro atoms. The van der Waals surface area contributed by atoms with Gasteiger partial charge in [0.05, 0.1) is 0 Å². The lowest BCUT2D eigenvalue weighted by molar-refractivity contribution is -0.112. The summed E-state index contributed by atoms with van der Waals surface area (Å²) in [5.74, 6) is 0.641. The highest BCUT2D eigenvalue weighted by atomic mass is 35.5. The molecule has 0 saturated heterocycles. The lowest BCUT2D eigenvalue weighted by atomic mass is 10.2. The molecule has 0 heterocycles. The molecule has 70 valence electrons. The average Bonchev–Trinajstić information content (AvgIpc) is 2.02. The van der Waals surface area contributed by atoms with Crippen molar-refractivity contribution < 1.29 is 9.53 Å². The van der Waals surface area contributed by atoms with Crippen LogP contribution >= 0.6 is 11.6 Å². The Balaban J connectivity index is 2.72. The number of benzene rings is 1. The van der Waals surface area contributed by atoms with Crippen LogP contribution in [0.5, 0.6) is 5.75 Å². The van der Waals surface area contributed by atoms with Gasteiger partial charge in [0, 0.05) is 10.1 Å². The van der Waals surface area contributed by atoms with E-state index in [0.717, 1.165) is 5.56 Å². The minimum absolute atomic E-state index is 0.0716. The van der Waals surface area contributed by atoms with Crippen molar-refractivity contribution in [2.24, 2.45) is 0 Å². The zero-order chi connectivity index (χ0) is 9.84. The number of ether oxygens (including phenoxy) is 1. The highest BCUT2D eigenvalue weighted by molar-refractivity contribution is 7.77. The van der Waals surface area contributed by atoms with Gasteiger partial charge in [0.1, 0.15) is 12.4 Å². The van der Waals surface area contributed by atoms with E-state index in [2.05, 4.69) is 12.6 Å². The average molecular weight is 216 g/mol. The Hall–Kier alpha value is -0.800. The van der Waals surface area contributed by atoms with Crippen molar-refractivity contribution in [3.05, 3.63) is 28.8 Å². The normalized spacial score (nSPS) is 9.69. The smallest absolute Gasteiger partial charge is 0.125 e. The van der Waals surface area contributed by atoms with Crippen LogP contribution in [0.2, 0.25) is 5.02 Å². The van der Waals surface area contributed by atoms with E-state index in [1.807, 2.05) is 6.92 Å². The predicted octanol–water partition coefficient (Wildman–Crippen LogP) is 2.10. The molecule has 0 aliphatic heterocycles. The van der Waals surface area contributed by atoms with Crippen LogP contribution in [0.3, 0.4) is 0 Å². The van der Waals surface area contributed by atoms with Crippen LogP contribution in [0, 0.1) is 6.92 Å². The lowest BCUT2D eigenvalue weighted by Gasteiger charge is -2.09. The topological polar surface area (TPSA) is 26.3 Å². The van der Waals surface area contributed by atoms with Crippen LogP contribution in [-0.4, -0.2) is 11.7 Å². The van der Waals surface area contributed by atoms with Crippen LogP contribution in [0.4, 0.5) is 0 Å². The molecule has 0 aromatic heterocycles. The monoisotopic (exact) mass is 215 g/mol. The fourth-order valence-corrected chi connectivity index (χ4v) is 1.20. The molecule has 0 unspecified atom stereocenters. The Morgan fingerprint density at radius 2 is 2.31 bits per heavy atom. The first-order valence-electron chi connectivity index (χ1n) is 3.68. The molecule has 2 nitrogen and oxygen atoms in total. The van der Waals surface area contributed by atoms with Gasteiger partial charge in [-0.2, -0.15) is 0 Å². The molecule has 0 aliphatic rings. The molecule has 0 radical (unpaired) electrons. The van der Waals surface area contributed by atoms with E-state index in [4.69, 9.17) is 16.3 Å². The number of carbonyl (C=O) groups is 1.